The van der Waals surface area contributed by atoms with E-state index in [1.165, 1.54) is 11.8 Å². The highest BCUT2D eigenvalue weighted by molar-refractivity contribution is 6.46. The topological polar surface area (TPSA) is 93.1 Å². The molecule has 0 saturated carbocycles. The summed E-state index contributed by atoms with van der Waals surface area (Å²) in [4.78, 5) is 38.9. The zero-order valence-electron chi connectivity index (χ0n) is 19.3. The highest BCUT2D eigenvalue weighted by Gasteiger charge is 2.45. The number of hydrogen-bond acceptors (Lipinski definition) is 6. The van der Waals surface area contributed by atoms with Crippen molar-refractivity contribution >= 4 is 23.4 Å². The lowest BCUT2D eigenvalue weighted by atomic mass is 9.95. The normalized spacial score (nSPS) is 17.5. The molecule has 1 heterocycles. The van der Waals surface area contributed by atoms with E-state index in [1.54, 1.807) is 48.5 Å². The van der Waals surface area contributed by atoms with Crippen LogP contribution in [0.15, 0.2) is 54.1 Å². The van der Waals surface area contributed by atoms with Gasteiger partial charge < -0.3 is 19.5 Å². The van der Waals surface area contributed by atoms with E-state index in [0.717, 1.165) is 6.42 Å². The molecule has 7 nitrogen and oxygen atoms in total. The SMILES string of the molecule is CCCCN1C(=O)C(=O)/C(=C(\O)c2cccc(OC(C)C)c2)C1c1cccc(OC(C)=O)c1. The predicted octanol–water partition coefficient (Wildman–Crippen LogP) is 4.62. The van der Waals surface area contributed by atoms with Gasteiger partial charge in [0, 0.05) is 19.0 Å². The molecule has 174 valence electrons. The summed E-state index contributed by atoms with van der Waals surface area (Å²) in [7, 11) is 0. The fraction of sp³-hybridized carbons (Fsp3) is 0.346. The van der Waals surface area contributed by atoms with Gasteiger partial charge in [0.05, 0.1) is 17.7 Å². The maximum absolute atomic E-state index is 13.1. The number of ether oxygens (including phenoxy) is 2. The Kier molecular flexibility index (Phi) is 7.53. The quantitative estimate of drug-likeness (QED) is 0.207. The van der Waals surface area contributed by atoms with Crippen molar-refractivity contribution < 1.29 is 29.0 Å². The van der Waals surface area contributed by atoms with E-state index in [1.807, 2.05) is 20.8 Å². The van der Waals surface area contributed by atoms with Gasteiger partial charge in [-0.15, -0.1) is 0 Å². The van der Waals surface area contributed by atoms with Crippen LogP contribution >= 0.6 is 0 Å². The second kappa shape index (κ2) is 10.3. The Hall–Kier alpha value is -3.61. The van der Waals surface area contributed by atoms with Crippen LogP contribution in [-0.4, -0.2) is 40.3 Å². The van der Waals surface area contributed by atoms with E-state index >= 15 is 0 Å². The molecule has 1 fully saturated rings. The zero-order valence-corrected chi connectivity index (χ0v) is 19.3. The van der Waals surface area contributed by atoms with Crippen molar-refractivity contribution in [1.29, 1.82) is 0 Å². The van der Waals surface area contributed by atoms with Gasteiger partial charge in [0.25, 0.3) is 11.7 Å². The van der Waals surface area contributed by atoms with Crippen molar-refractivity contribution in [3.8, 4) is 11.5 Å². The summed E-state index contributed by atoms with van der Waals surface area (Å²) in [6, 6.07) is 12.6. The third-order valence-electron chi connectivity index (χ3n) is 5.21. The number of rotatable bonds is 8. The Bertz CT molecular complexity index is 1090. The molecule has 1 aliphatic heterocycles. The number of benzene rings is 2. The van der Waals surface area contributed by atoms with Gasteiger partial charge in [0.1, 0.15) is 17.3 Å². The number of unbranched alkanes of at least 4 members (excludes halogenated alkanes) is 1. The molecule has 1 saturated heterocycles. The second-order valence-electron chi connectivity index (χ2n) is 8.21. The first-order valence-electron chi connectivity index (χ1n) is 11.1. The molecule has 0 spiro atoms. The molecule has 1 N–H and O–H groups in total. The maximum Gasteiger partial charge on any atom is 0.308 e. The number of aliphatic hydroxyl groups excluding tert-OH is 1. The Morgan fingerprint density at radius 1 is 1.09 bits per heavy atom. The fourth-order valence-corrected chi connectivity index (χ4v) is 3.84. The monoisotopic (exact) mass is 451 g/mol. The molecular weight excluding hydrogens is 422 g/mol. The number of likely N-dealkylation sites (tertiary alicyclic amines) is 1. The number of Topliss-reactive ketones (excluding diaryl/α,β-unsaturated/α-hetero) is 1. The predicted molar refractivity (Wildman–Crippen MR) is 124 cm³/mol. The average molecular weight is 452 g/mol. The molecule has 0 aromatic heterocycles. The molecule has 3 rings (SSSR count). The molecule has 1 atom stereocenters. The molecular formula is C26H29NO6. The number of aliphatic hydroxyl groups is 1. The fourth-order valence-electron chi connectivity index (χ4n) is 3.84. The summed E-state index contributed by atoms with van der Waals surface area (Å²) in [6.45, 7) is 7.43. The zero-order chi connectivity index (χ0) is 24.1. The largest absolute Gasteiger partial charge is 0.507 e. The van der Waals surface area contributed by atoms with E-state index in [9.17, 15) is 19.5 Å². The molecule has 1 unspecified atom stereocenters. The van der Waals surface area contributed by atoms with E-state index in [2.05, 4.69) is 0 Å². The van der Waals surface area contributed by atoms with Crippen LogP contribution in [0.1, 0.15) is 57.7 Å². The highest BCUT2D eigenvalue weighted by Crippen LogP contribution is 2.40. The number of ketones is 1. The first-order valence-corrected chi connectivity index (χ1v) is 11.1. The van der Waals surface area contributed by atoms with E-state index in [-0.39, 0.29) is 17.4 Å². The lowest BCUT2D eigenvalue weighted by Gasteiger charge is -2.25. The third-order valence-corrected chi connectivity index (χ3v) is 5.21. The third kappa shape index (κ3) is 5.42. The molecule has 2 aromatic rings. The Morgan fingerprint density at radius 2 is 1.79 bits per heavy atom. The summed E-state index contributed by atoms with van der Waals surface area (Å²) >= 11 is 0. The molecule has 0 radical (unpaired) electrons. The summed E-state index contributed by atoms with van der Waals surface area (Å²) in [5.41, 5.74) is 0.945. The van der Waals surface area contributed by atoms with Crippen molar-refractivity contribution in [2.45, 2.75) is 52.7 Å². The van der Waals surface area contributed by atoms with Gasteiger partial charge in [-0.2, -0.15) is 0 Å². The van der Waals surface area contributed by atoms with Gasteiger partial charge in [-0.3, -0.25) is 14.4 Å². The second-order valence-corrected chi connectivity index (χ2v) is 8.21. The molecule has 33 heavy (non-hydrogen) atoms. The molecule has 0 aliphatic carbocycles. The van der Waals surface area contributed by atoms with Gasteiger partial charge in [-0.25, -0.2) is 0 Å². The lowest BCUT2D eigenvalue weighted by Crippen LogP contribution is -2.30. The van der Waals surface area contributed by atoms with Crippen molar-refractivity contribution in [3.63, 3.8) is 0 Å². The van der Waals surface area contributed by atoms with Crippen LogP contribution in [0.4, 0.5) is 0 Å². The van der Waals surface area contributed by atoms with Crippen molar-refractivity contribution in [2.24, 2.45) is 0 Å². The number of nitrogens with zero attached hydrogens (tertiary/aromatic N) is 1. The molecule has 2 aromatic carbocycles. The van der Waals surface area contributed by atoms with Gasteiger partial charge in [0.2, 0.25) is 0 Å². The van der Waals surface area contributed by atoms with E-state index in [4.69, 9.17) is 9.47 Å². The number of amides is 1. The first-order chi connectivity index (χ1) is 15.7. The first kappa shape index (κ1) is 24.0. The van der Waals surface area contributed by atoms with Crippen LogP contribution in [0.3, 0.4) is 0 Å². The molecule has 1 amide bonds. The Morgan fingerprint density at radius 3 is 2.45 bits per heavy atom. The van der Waals surface area contributed by atoms with Crippen LogP contribution in [0.25, 0.3) is 5.76 Å². The van der Waals surface area contributed by atoms with Crippen LogP contribution in [0.5, 0.6) is 11.5 Å². The number of esters is 1. The summed E-state index contributed by atoms with van der Waals surface area (Å²) in [5, 5.41) is 11.2. The van der Waals surface area contributed by atoms with Gasteiger partial charge in [0.15, 0.2) is 0 Å². The number of carbonyl (C=O) groups excluding carboxylic acids is 3. The van der Waals surface area contributed by atoms with E-state index < -0.39 is 23.7 Å². The highest BCUT2D eigenvalue weighted by atomic mass is 16.5. The summed E-state index contributed by atoms with van der Waals surface area (Å²) < 4.78 is 10.9. The van der Waals surface area contributed by atoms with Crippen LogP contribution < -0.4 is 9.47 Å². The standard InChI is InChI=1S/C26H29NO6/c1-5-6-13-27-23(18-9-7-12-21(14-18)33-17(4)28)22(25(30)26(27)31)24(29)19-10-8-11-20(15-19)32-16(2)3/h7-12,14-16,23,29H,5-6,13H2,1-4H3/b24-22-. The van der Waals surface area contributed by atoms with Gasteiger partial charge in [-0.1, -0.05) is 37.6 Å². The number of hydrogen-bond donors (Lipinski definition) is 1. The minimum atomic E-state index is -0.804. The van der Waals surface area contributed by atoms with Gasteiger partial charge in [-0.05, 0) is 50.1 Å². The average Bonchev–Trinajstić information content (AvgIpc) is 3.01. The van der Waals surface area contributed by atoms with Crippen LogP contribution in [0, 0.1) is 0 Å². The van der Waals surface area contributed by atoms with Crippen molar-refractivity contribution in [3.05, 3.63) is 65.2 Å². The Labute approximate surface area is 193 Å². The Balaban J connectivity index is 2.14. The molecule has 7 heteroatoms. The summed E-state index contributed by atoms with van der Waals surface area (Å²) in [6.07, 6.45) is 1.47. The van der Waals surface area contributed by atoms with Crippen LogP contribution in [-0.2, 0) is 14.4 Å². The number of carbonyl (C=O) groups is 3. The van der Waals surface area contributed by atoms with E-state index in [0.29, 0.717) is 35.6 Å². The van der Waals surface area contributed by atoms with Crippen molar-refractivity contribution in [1.82, 2.24) is 4.90 Å². The van der Waals surface area contributed by atoms with Crippen molar-refractivity contribution in [2.75, 3.05) is 6.54 Å². The lowest BCUT2D eigenvalue weighted by molar-refractivity contribution is -0.139. The van der Waals surface area contributed by atoms with Crippen LogP contribution in [0.2, 0.25) is 0 Å². The van der Waals surface area contributed by atoms with Gasteiger partial charge >= 0.3 is 5.97 Å². The summed E-state index contributed by atoms with van der Waals surface area (Å²) in [5.74, 6) is -1.32. The molecule has 0 bridgehead atoms. The smallest absolute Gasteiger partial charge is 0.308 e. The molecule has 1 aliphatic rings. The minimum Gasteiger partial charge on any atom is -0.507 e. The maximum atomic E-state index is 13.1. The minimum absolute atomic E-state index is 0.00206.